The van der Waals surface area contributed by atoms with Gasteiger partial charge in [-0.1, -0.05) is 17.7 Å². The fourth-order valence-electron chi connectivity index (χ4n) is 3.47. The smallest absolute Gasteiger partial charge is 0.253 e. The van der Waals surface area contributed by atoms with Gasteiger partial charge in [-0.3, -0.25) is 9.69 Å². The Morgan fingerprint density at radius 2 is 1.96 bits per heavy atom. The normalized spacial score (nSPS) is 15.5. The molecule has 0 aromatic heterocycles. The Morgan fingerprint density at radius 1 is 1.14 bits per heavy atom. The summed E-state index contributed by atoms with van der Waals surface area (Å²) in [6, 6.07) is 13.2. The fourth-order valence-corrected chi connectivity index (χ4v) is 3.65. The van der Waals surface area contributed by atoms with E-state index in [4.69, 9.17) is 22.1 Å². The van der Waals surface area contributed by atoms with Crippen molar-refractivity contribution < 1.29 is 9.53 Å². The fraction of sp³-hybridized carbons (Fsp3) is 0.409. The lowest BCUT2D eigenvalue weighted by molar-refractivity contribution is 0.0759. The molecule has 5 nitrogen and oxygen atoms in total. The van der Waals surface area contributed by atoms with Crippen LogP contribution in [0.25, 0.3) is 0 Å². The number of nitrogens with zero attached hydrogens (tertiary/aromatic N) is 2. The number of amides is 1. The zero-order valence-corrected chi connectivity index (χ0v) is 17.3. The van der Waals surface area contributed by atoms with Crippen molar-refractivity contribution in [1.82, 2.24) is 9.80 Å². The first-order valence-electron chi connectivity index (χ1n) is 9.77. The van der Waals surface area contributed by atoms with Crippen LogP contribution < -0.4 is 10.5 Å². The van der Waals surface area contributed by atoms with Crippen molar-refractivity contribution in [3.63, 3.8) is 0 Å². The summed E-state index contributed by atoms with van der Waals surface area (Å²) in [5.41, 5.74) is 7.37. The van der Waals surface area contributed by atoms with E-state index in [2.05, 4.69) is 18.7 Å². The lowest BCUT2D eigenvalue weighted by Gasteiger charge is -2.25. The minimum atomic E-state index is 0.0506. The van der Waals surface area contributed by atoms with Crippen molar-refractivity contribution in [3.8, 4) is 11.5 Å². The zero-order valence-electron chi connectivity index (χ0n) is 16.5. The molecule has 28 heavy (non-hydrogen) atoms. The highest BCUT2D eigenvalue weighted by atomic mass is 35.5. The molecule has 1 aliphatic heterocycles. The SMILES string of the molecule is CC(C)N1CCCN(C(=O)c2ccc(Oc3cccc(Cl)c3)c(CN)c2)CC1. The standard InChI is InChI=1S/C22H28ClN3O2/c1-16(2)25-9-4-10-26(12-11-25)22(27)17-7-8-21(18(13-17)15-24)28-20-6-3-5-19(23)14-20/h3,5-8,13-14,16H,4,9-12,15,24H2,1-2H3. The van der Waals surface area contributed by atoms with Gasteiger partial charge >= 0.3 is 0 Å². The molecule has 1 saturated heterocycles. The summed E-state index contributed by atoms with van der Waals surface area (Å²) in [6.45, 7) is 8.15. The number of nitrogens with two attached hydrogens (primary N) is 1. The van der Waals surface area contributed by atoms with E-state index in [1.54, 1.807) is 12.1 Å². The molecule has 1 heterocycles. The topological polar surface area (TPSA) is 58.8 Å². The van der Waals surface area contributed by atoms with Gasteiger partial charge in [-0.25, -0.2) is 0 Å². The van der Waals surface area contributed by atoms with E-state index < -0.39 is 0 Å². The minimum Gasteiger partial charge on any atom is -0.457 e. The van der Waals surface area contributed by atoms with Crippen molar-refractivity contribution in [1.29, 1.82) is 0 Å². The number of carbonyl (C=O) groups is 1. The third kappa shape index (κ3) is 5.04. The first-order valence-corrected chi connectivity index (χ1v) is 10.2. The summed E-state index contributed by atoms with van der Waals surface area (Å²) in [5, 5.41) is 0.607. The van der Waals surface area contributed by atoms with Crippen LogP contribution in [0.15, 0.2) is 42.5 Å². The van der Waals surface area contributed by atoms with Gasteiger partial charge in [0.15, 0.2) is 0 Å². The Morgan fingerprint density at radius 3 is 2.68 bits per heavy atom. The number of hydrogen-bond acceptors (Lipinski definition) is 4. The van der Waals surface area contributed by atoms with E-state index in [0.717, 1.165) is 38.2 Å². The molecule has 0 spiro atoms. The van der Waals surface area contributed by atoms with Gasteiger partial charge in [-0.2, -0.15) is 0 Å². The highest BCUT2D eigenvalue weighted by Crippen LogP contribution is 2.28. The van der Waals surface area contributed by atoms with Crippen LogP contribution in [0.1, 0.15) is 36.2 Å². The van der Waals surface area contributed by atoms with Crippen LogP contribution in [0.2, 0.25) is 5.02 Å². The monoisotopic (exact) mass is 401 g/mol. The lowest BCUT2D eigenvalue weighted by Crippen LogP contribution is -2.37. The van der Waals surface area contributed by atoms with Gasteiger partial charge in [0, 0.05) is 54.9 Å². The first-order chi connectivity index (χ1) is 13.5. The molecule has 3 rings (SSSR count). The summed E-state index contributed by atoms with van der Waals surface area (Å²) < 4.78 is 5.93. The Hall–Kier alpha value is -2.08. The molecule has 6 heteroatoms. The van der Waals surface area contributed by atoms with Gasteiger partial charge in [0.2, 0.25) is 0 Å². The van der Waals surface area contributed by atoms with Crippen LogP contribution in [0.5, 0.6) is 11.5 Å². The average Bonchev–Trinajstić information content (AvgIpc) is 2.94. The second kappa shape index (κ2) is 9.41. The van der Waals surface area contributed by atoms with Crippen LogP contribution in [0.4, 0.5) is 0 Å². The number of ether oxygens (including phenoxy) is 1. The van der Waals surface area contributed by atoms with Crippen LogP contribution in [-0.4, -0.2) is 47.9 Å². The maximum atomic E-state index is 13.0. The first kappa shape index (κ1) is 20.6. The molecule has 1 aliphatic rings. The summed E-state index contributed by atoms with van der Waals surface area (Å²) in [4.78, 5) is 17.4. The molecule has 150 valence electrons. The summed E-state index contributed by atoms with van der Waals surface area (Å²) in [5.74, 6) is 1.33. The molecule has 0 atom stereocenters. The molecule has 0 radical (unpaired) electrons. The molecule has 0 aliphatic carbocycles. The Balaban J connectivity index is 1.74. The number of halogens is 1. The number of carbonyl (C=O) groups excluding carboxylic acids is 1. The van der Waals surface area contributed by atoms with Crippen LogP contribution in [-0.2, 0) is 6.54 Å². The van der Waals surface area contributed by atoms with E-state index in [1.165, 1.54) is 0 Å². The molecular formula is C22H28ClN3O2. The minimum absolute atomic E-state index is 0.0506. The molecule has 0 saturated carbocycles. The van der Waals surface area contributed by atoms with Crippen LogP contribution in [0, 0.1) is 0 Å². The van der Waals surface area contributed by atoms with Crippen molar-refractivity contribution in [2.24, 2.45) is 5.73 Å². The van der Waals surface area contributed by atoms with Gasteiger partial charge in [0.25, 0.3) is 5.91 Å². The van der Waals surface area contributed by atoms with Gasteiger partial charge in [-0.15, -0.1) is 0 Å². The highest BCUT2D eigenvalue weighted by molar-refractivity contribution is 6.30. The molecule has 0 bridgehead atoms. The second-order valence-electron chi connectivity index (χ2n) is 7.36. The Bertz CT molecular complexity index is 825. The van der Waals surface area contributed by atoms with E-state index >= 15 is 0 Å². The zero-order chi connectivity index (χ0) is 20.1. The summed E-state index contributed by atoms with van der Waals surface area (Å²) >= 11 is 6.02. The molecular weight excluding hydrogens is 374 g/mol. The van der Waals surface area contributed by atoms with E-state index in [-0.39, 0.29) is 12.5 Å². The van der Waals surface area contributed by atoms with E-state index in [0.29, 0.717) is 28.1 Å². The van der Waals surface area contributed by atoms with Crippen molar-refractivity contribution >= 4 is 17.5 Å². The predicted octanol–water partition coefficient (Wildman–Crippen LogP) is 4.15. The summed E-state index contributed by atoms with van der Waals surface area (Å²) in [6.07, 6.45) is 0.990. The average molecular weight is 402 g/mol. The Labute approximate surface area is 172 Å². The predicted molar refractivity (Wildman–Crippen MR) is 113 cm³/mol. The summed E-state index contributed by atoms with van der Waals surface area (Å²) in [7, 11) is 0. The van der Waals surface area contributed by atoms with Crippen molar-refractivity contribution in [3.05, 3.63) is 58.6 Å². The molecule has 1 amide bonds. The number of rotatable bonds is 5. The molecule has 1 fully saturated rings. The molecule has 0 unspecified atom stereocenters. The van der Waals surface area contributed by atoms with Gasteiger partial charge in [0.1, 0.15) is 11.5 Å². The third-order valence-electron chi connectivity index (χ3n) is 5.10. The van der Waals surface area contributed by atoms with Crippen LogP contribution in [0.3, 0.4) is 0 Å². The van der Waals surface area contributed by atoms with Crippen LogP contribution >= 0.6 is 11.6 Å². The van der Waals surface area contributed by atoms with Crippen molar-refractivity contribution in [2.75, 3.05) is 26.2 Å². The van der Waals surface area contributed by atoms with E-state index in [9.17, 15) is 4.79 Å². The number of benzene rings is 2. The van der Waals surface area contributed by atoms with E-state index in [1.807, 2.05) is 35.2 Å². The van der Waals surface area contributed by atoms with Gasteiger partial charge < -0.3 is 15.4 Å². The Kier molecular flexibility index (Phi) is 6.94. The third-order valence-corrected chi connectivity index (χ3v) is 5.33. The lowest BCUT2D eigenvalue weighted by atomic mass is 10.1. The highest BCUT2D eigenvalue weighted by Gasteiger charge is 2.22. The maximum Gasteiger partial charge on any atom is 0.253 e. The van der Waals surface area contributed by atoms with Crippen molar-refractivity contribution in [2.45, 2.75) is 32.9 Å². The van der Waals surface area contributed by atoms with Gasteiger partial charge in [-0.05, 0) is 56.7 Å². The second-order valence-corrected chi connectivity index (χ2v) is 7.80. The largest absolute Gasteiger partial charge is 0.457 e. The number of hydrogen-bond donors (Lipinski definition) is 1. The molecule has 2 N–H and O–H groups in total. The quantitative estimate of drug-likeness (QED) is 0.817. The maximum absolute atomic E-state index is 13.0. The van der Waals surface area contributed by atoms with Gasteiger partial charge in [0.05, 0.1) is 0 Å². The molecule has 2 aromatic rings. The molecule has 2 aromatic carbocycles.